The molecule has 2 amide bonds. The van der Waals surface area contributed by atoms with Crippen LogP contribution in [0.15, 0.2) is 29.2 Å². The number of nitrogens with two attached hydrogens (primary N) is 1. The van der Waals surface area contributed by atoms with Gasteiger partial charge < -0.3 is 11.1 Å². The largest absolute Gasteiger partial charge is 0.369 e. The molecule has 5 aliphatic carbocycles. The Morgan fingerprint density at radius 2 is 1.70 bits per heavy atom. The molecule has 6 rings (SSSR count). The Hall–Kier alpha value is -1.64. The predicted molar refractivity (Wildman–Crippen MR) is 111 cm³/mol. The molecule has 4 bridgehead atoms. The van der Waals surface area contributed by atoms with Crippen molar-refractivity contribution in [3.63, 3.8) is 0 Å². The molecule has 5 aliphatic rings. The van der Waals surface area contributed by atoms with Crippen LogP contribution in [0.5, 0.6) is 0 Å². The van der Waals surface area contributed by atoms with Crippen LogP contribution in [0, 0.1) is 17.3 Å². The molecule has 2 unspecified atom stereocenters. The maximum Gasteiger partial charge on any atom is 0.243 e. The second-order valence-corrected chi connectivity index (χ2v) is 12.0. The van der Waals surface area contributed by atoms with Crippen LogP contribution in [0.2, 0.25) is 5.02 Å². The number of sulfonamides is 1. The van der Waals surface area contributed by atoms with Gasteiger partial charge in [-0.1, -0.05) is 23.7 Å². The first kappa shape index (κ1) is 20.3. The molecule has 0 saturated heterocycles. The first-order valence-corrected chi connectivity index (χ1v) is 12.3. The van der Waals surface area contributed by atoms with Gasteiger partial charge in [-0.15, -0.1) is 0 Å². The molecule has 0 heterocycles. The molecule has 4 N–H and O–H groups in total. The van der Waals surface area contributed by atoms with Gasteiger partial charge in [0.2, 0.25) is 21.8 Å². The third-order valence-corrected chi connectivity index (χ3v) is 9.64. The summed E-state index contributed by atoms with van der Waals surface area (Å²) in [6.45, 7) is 0. The standard InChI is InChI=1S/C21H26ClN3O4S/c22-15-3-1-2-4-16(15)30(28,29)25-21(5-6-21)18(27)24-20-10-13-7-14(11-20)9-19(8-13,12-20)17(23)26/h1-4,13-14,25H,5-12H2,(H2,23,26)(H,24,27). The van der Waals surface area contributed by atoms with Crippen molar-refractivity contribution in [1.82, 2.24) is 10.0 Å². The van der Waals surface area contributed by atoms with Gasteiger partial charge in [-0.2, -0.15) is 4.72 Å². The van der Waals surface area contributed by atoms with Gasteiger partial charge in [0.05, 0.1) is 10.4 Å². The Morgan fingerprint density at radius 1 is 1.07 bits per heavy atom. The van der Waals surface area contributed by atoms with E-state index in [1.807, 2.05) is 0 Å². The van der Waals surface area contributed by atoms with Gasteiger partial charge >= 0.3 is 0 Å². The lowest BCUT2D eigenvalue weighted by molar-refractivity contribution is -0.151. The number of amides is 2. The molecule has 7 nitrogen and oxygen atoms in total. The lowest BCUT2D eigenvalue weighted by Gasteiger charge is -2.61. The molecule has 0 aromatic heterocycles. The molecule has 0 spiro atoms. The summed E-state index contributed by atoms with van der Waals surface area (Å²) in [7, 11) is -3.94. The molecule has 9 heteroatoms. The Balaban J connectivity index is 1.37. The van der Waals surface area contributed by atoms with E-state index in [-0.39, 0.29) is 21.7 Å². The number of nitrogens with one attached hydrogen (secondary N) is 2. The van der Waals surface area contributed by atoms with Crippen molar-refractivity contribution in [3.05, 3.63) is 29.3 Å². The number of halogens is 1. The van der Waals surface area contributed by atoms with Gasteiger partial charge in [-0.05, 0) is 75.3 Å². The predicted octanol–water partition coefficient (Wildman–Crippen LogP) is 2.09. The third-order valence-electron chi connectivity index (χ3n) is 7.60. The Kier molecular flexibility index (Phi) is 4.35. The topological polar surface area (TPSA) is 118 Å². The van der Waals surface area contributed by atoms with Crippen LogP contribution < -0.4 is 15.8 Å². The van der Waals surface area contributed by atoms with Gasteiger partial charge in [-0.25, -0.2) is 8.42 Å². The number of hydrogen-bond acceptors (Lipinski definition) is 4. The summed E-state index contributed by atoms with van der Waals surface area (Å²) >= 11 is 6.06. The van der Waals surface area contributed by atoms with Crippen molar-refractivity contribution in [3.8, 4) is 0 Å². The Morgan fingerprint density at radius 3 is 2.27 bits per heavy atom. The van der Waals surface area contributed by atoms with Crippen molar-refractivity contribution in [2.45, 2.75) is 67.3 Å². The molecule has 2 atom stereocenters. The van der Waals surface area contributed by atoms with E-state index in [4.69, 9.17) is 17.3 Å². The van der Waals surface area contributed by atoms with Crippen LogP contribution >= 0.6 is 11.6 Å². The van der Waals surface area contributed by atoms with Crippen LogP contribution in [0.25, 0.3) is 0 Å². The zero-order chi connectivity index (χ0) is 21.4. The average Bonchev–Trinajstić information content (AvgIpc) is 3.40. The van der Waals surface area contributed by atoms with E-state index in [0.29, 0.717) is 31.1 Å². The molecular formula is C21H26ClN3O4S. The molecular weight excluding hydrogens is 426 g/mol. The van der Waals surface area contributed by atoms with E-state index < -0.39 is 26.5 Å². The fourth-order valence-corrected chi connectivity index (χ4v) is 8.48. The SMILES string of the molecule is NC(=O)C12CC3CC(CC(NC(=O)C4(NS(=O)(=O)c5ccccc5Cl)CC4)(C3)C1)C2. The van der Waals surface area contributed by atoms with Crippen molar-refractivity contribution in [1.29, 1.82) is 0 Å². The van der Waals surface area contributed by atoms with Gasteiger partial charge in [0, 0.05) is 5.54 Å². The van der Waals surface area contributed by atoms with Crippen molar-refractivity contribution >= 4 is 33.4 Å². The van der Waals surface area contributed by atoms with Crippen LogP contribution in [-0.4, -0.2) is 31.3 Å². The minimum atomic E-state index is -3.94. The normalized spacial score (nSPS) is 35.8. The smallest absolute Gasteiger partial charge is 0.243 e. The molecule has 0 aliphatic heterocycles. The molecule has 1 aromatic rings. The summed E-state index contributed by atoms with van der Waals surface area (Å²) in [4.78, 5) is 25.5. The van der Waals surface area contributed by atoms with Crippen molar-refractivity contribution in [2.75, 3.05) is 0 Å². The molecule has 162 valence electrons. The molecule has 5 fully saturated rings. The number of hydrogen-bond donors (Lipinski definition) is 3. The minimum absolute atomic E-state index is 0.0340. The fraction of sp³-hybridized carbons (Fsp3) is 0.619. The number of carbonyl (C=O) groups is 2. The molecule has 30 heavy (non-hydrogen) atoms. The van der Waals surface area contributed by atoms with E-state index in [0.717, 1.165) is 32.1 Å². The highest BCUT2D eigenvalue weighted by atomic mass is 35.5. The number of rotatable bonds is 6. The highest BCUT2D eigenvalue weighted by Gasteiger charge is 2.62. The van der Waals surface area contributed by atoms with Crippen molar-refractivity contribution < 1.29 is 18.0 Å². The summed E-state index contributed by atoms with van der Waals surface area (Å²) in [5.41, 5.74) is 3.63. The highest BCUT2D eigenvalue weighted by Crippen LogP contribution is 2.61. The Bertz CT molecular complexity index is 1020. The van der Waals surface area contributed by atoms with E-state index >= 15 is 0 Å². The van der Waals surface area contributed by atoms with E-state index in [1.165, 1.54) is 12.1 Å². The summed E-state index contributed by atoms with van der Waals surface area (Å²) in [6, 6.07) is 6.18. The zero-order valence-electron chi connectivity index (χ0n) is 16.6. The van der Waals surface area contributed by atoms with Gasteiger partial charge in [0.25, 0.3) is 0 Å². The minimum Gasteiger partial charge on any atom is -0.369 e. The van der Waals surface area contributed by atoms with E-state index in [9.17, 15) is 18.0 Å². The second-order valence-electron chi connectivity index (χ2n) is 9.96. The van der Waals surface area contributed by atoms with Gasteiger partial charge in [0.15, 0.2) is 0 Å². The first-order chi connectivity index (χ1) is 14.1. The molecule has 0 radical (unpaired) electrons. The quantitative estimate of drug-likeness (QED) is 0.613. The lowest BCUT2D eigenvalue weighted by atomic mass is 9.46. The number of primary amides is 1. The molecule has 5 saturated carbocycles. The van der Waals surface area contributed by atoms with Crippen molar-refractivity contribution in [2.24, 2.45) is 23.0 Å². The van der Waals surface area contributed by atoms with Crippen LogP contribution in [0.3, 0.4) is 0 Å². The van der Waals surface area contributed by atoms with Crippen LogP contribution in [0.1, 0.15) is 51.4 Å². The lowest BCUT2D eigenvalue weighted by Crippen LogP contribution is -2.67. The van der Waals surface area contributed by atoms with Crippen LogP contribution in [0.4, 0.5) is 0 Å². The maximum absolute atomic E-state index is 13.3. The average molecular weight is 452 g/mol. The van der Waals surface area contributed by atoms with E-state index in [1.54, 1.807) is 12.1 Å². The summed E-state index contributed by atoms with van der Waals surface area (Å²) in [6.07, 6.45) is 5.79. The number of carbonyl (C=O) groups excluding carboxylic acids is 2. The second kappa shape index (κ2) is 6.43. The van der Waals surface area contributed by atoms with Gasteiger partial charge in [0.1, 0.15) is 10.4 Å². The monoisotopic (exact) mass is 451 g/mol. The first-order valence-electron chi connectivity index (χ1n) is 10.5. The van der Waals surface area contributed by atoms with Crippen LogP contribution in [-0.2, 0) is 19.6 Å². The maximum atomic E-state index is 13.3. The third kappa shape index (κ3) is 3.15. The number of benzene rings is 1. The summed E-state index contributed by atoms with van der Waals surface area (Å²) in [5.74, 6) is 0.193. The van der Waals surface area contributed by atoms with Gasteiger partial charge in [-0.3, -0.25) is 9.59 Å². The summed E-state index contributed by atoms with van der Waals surface area (Å²) in [5, 5.41) is 3.31. The molecule has 1 aromatic carbocycles. The highest BCUT2D eigenvalue weighted by molar-refractivity contribution is 7.89. The van der Waals surface area contributed by atoms with E-state index in [2.05, 4.69) is 10.0 Å². The fourth-order valence-electron chi connectivity index (χ4n) is 6.53. The Labute approximate surface area is 181 Å². The summed E-state index contributed by atoms with van der Waals surface area (Å²) < 4.78 is 28.4. The zero-order valence-corrected chi connectivity index (χ0v) is 18.2.